The first-order valence-corrected chi connectivity index (χ1v) is 5.39. The number of aromatic nitrogens is 2. The van der Waals surface area contributed by atoms with Gasteiger partial charge in [0.15, 0.2) is 0 Å². The summed E-state index contributed by atoms with van der Waals surface area (Å²) in [6.45, 7) is 2.02. The molecule has 0 aliphatic rings. The van der Waals surface area contributed by atoms with Gasteiger partial charge in [0.2, 0.25) is 0 Å². The number of methoxy groups -OCH3 is 1. The first kappa shape index (κ1) is 14.3. The molecular weight excluding hydrogens is 252 g/mol. The zero-order chi connectivity index (χ0) is 12.3. The Hall–Kier alpha value is -1.81. The van der Waals surface area contributed by atoms with E-state index in [1.54, 1.807) is 10.9 Å². The van der Waals surface area contributed by atoms with E-state index in [0.29, 0.717) is 5.69 Å². The fourth-order valence-electron chi connectivity index (χ4n) is 1.77. The van der Waals surface area contributed by atoms with E-state index in [0.717, 1.165) is 5.56 Å². The molecule has 1 unspecified atom stereocenters. The van der Waals surface area contributed by atoms with Crippen molar-refractivity contribution in [2.45, 2.75) is 13.0 Å². The lowest BCUT2D eigenvalue weighted by Gasteiger charge is -2.15. The molecule has 0 amide bonds. The van der Waals surface area contributed by atoms with Gasteiger partial charge in [-0.05, 0) is 12.5 Å². The highest BCUT2D eigenvalue weighted by Gasteiger charge is 2.16. The monoisotopic (exact) mass is 265 g/mol. The molecule has 5 heteroatoms. The van der Waals surface area contributed by atoms with Crippen LogP contribution in [0.25, 0.3) is 0 Å². The Kier molecular flexibility index (Phi) is 4.92. The minimum absolute atomic E-state index is 0. The zero-order valence-corrected chi connectivity index (χ0v) is 11.0. The number of hydrogen-bond acceptors (Lipinski definition) is 3. The van der Waals surface area contributed by atoms with Gasteiger partial charge < -0.3 is 21.7 Å². The summed E-state index contributed by atoms with van der Waals surface area (Å²) in [7, 11) is 1.37. The number of carbonyl (C=O) groups excluding carboxylic acids is 1. The molecule has 96 valence electrons. The first-order chi connectivity index (χ1) is 8.24. The van der Waals surface area contributed by atoms with Crippen molar-refractivity contribution >= 4 is 5.97 Å². The molecule has 2 aromatic rings. The van der Waals surface area contributed by atoms with Gasteiger partial charge in [0.05, 0.1) is 25.7 Å². The van der Waals surface area contributed by atoms with E-state index in [1.807, 2.05) is 37.3 Å². The van der Waals surface area contributed by atoms with Crippen molar-refractivity contribution in [3.05, 3.63) is 54.1 Å². The van der Waals surface area contributed by atoms with E-state index in [2.05, 4.69) is 4.98 Å². The van der Waals surface area contributed by atoms with Crippen molar-refractivity contribution in [2.75, 3.05) is 7.11 Å². The van der Waals surface area contributed by atoms with Gasteiger partial charge in [-0.25, -0.2) is 9.78 Å². The number of benzene rings is 1. The predicted octanol–water partition coefficient (Wildman–Crippen LogP) is -0.717. The lowest BCUT2D eigenvalue weighted by Crippen LogP contribution is -3.00. The predicted molar refractivity (Wildman–Crippen MR) is 63.8 cm³/mol. The van der Waals surface area contributed by atoms with Crippen molar-refractivity contribution < 1.29 is 21.9 Å². The second-order valence-corrected chi connectivity index (χ2v) is 3.76. The molecule has 1 aromatic heterocycles. The van der Waals surface area contributed by atoms with Crippen LogP contribution >= 0.6 is 0 Å². The van der Waals surface area contributed by atoms with Crippen molar-refractivity contribution in [2.24, 2.45) is 0 Å². The molecule has 18 heavy (non-hydrogen) atoms. The van der Waals surface area contributed by atoms with Crippen molar-refractivity contribution in [3.8, 4) is 0 Å². The maximum atomic E-state index is 11.5. The van der Waals surface area contributed by atoms with Crippen molar-refractivity contribution in [1.29, 1.82) is 0 Å². The average Bonchev–Trinajstić information content (AvgIpc) is 2.87. The summed E-state index contributed by atoms with van der Waals surface area (Å²) in [5.74, 6) is -0.370. The Bertz CT molecular complexity index is 511. The van der Waals surface area contributed by atoms with E-state index >= 15 is 0 Å². The summed E-state index contributed by atoms with van der Waals surface area (Å²) in [6.07, 6.45) is 3.16. The van der Waals surface area contributed by atoms with Crippen LogP contribution in [0.1, 0.15) is 29.0 Å². The Balaban J connectivity index is 0.00000162. The topological polar surface area (TPSA) is 44.1 Å². The highest BCUT2D eigenvalue weighted by Crippen LogP contribution is 2.19. The number of rotatable bonds is 3. The number of hydrogen-bond donors (Lipinski definition) is 0. The normalized spacial score (nSPS) is 11.4. The van der Waals surface area contributed by atoms with Crippen LogP contribution in [0.3, 0.4) is 0 Å². The molecule has 0 spiro atoms. The second-order valence-electron chi connectivity index (χ2n) is 3.76. The Morgan fingerprint density at radius 1 is 1.33 bits per heavy atom. The molecule has 0 fully saturated rings. The van der Waals surface area contributed by atoms with Crippen molar-refractivity contribution in [3.63, 3.8) is 0 Å². The van der Waals surface area contributed by atoms with Gasteiger partial charge in [-0.15, -0.1) is 0 Å². The molecule has 1 atom stereocenters. The van der Waals surface area contributed by atoms with Gasteiger partial charge in [-0.2, -0.15) is 0 Å². The van der Waals surface area contributed by atoms with Crippen LogP contribution in [0.2, 0.25) is 0 Å². The van der Waals surface area contributed by atoms with Crippen LogP contribution in [0.15, 0.2) is 42.9 Å². The Morgan fingerprint density at radius 2 is 2.00 bits per heavy atom. The number of ether oxygens (including phenoxy) is 1. The summed E-state index contributed by atoms with van der Waals surface area (Å²) in [5, 5.41) is 0. The smallest absolute Gasteiger partial charge is 0.356 e. The third-order valence-corrected chi connectivity index (χ3v) is 2.76. The maximum absolute atomic E-state index is 11.5. The maximum Gasteiger partial charge on any atom is 0.356 e. The largest absolute Gasteiger partial charge is 1.00 e. The van der Waals surface area contributed by atoms with E-state index in [4.69, 9.17) is 4.74 Å². The van der Waals surface area contributed by atoms with Crippen LogP contribution in [0.5, 0.6) is 0 Å². The molecule has 0 saturated heterocycles. The van der Waals surface area contributed by atoms with E-state index in [1.165, 1.54) is 13.3 Å². The number of nitrogens with zero attached hydrogens (tertiary/aromatic N) is 2. The molecular formula is C13H14ClN2O2-. The summed E-state index contributed by atoms with van der Waals surface area (Å²) in [6, 6.07) is 10.00. The summed E-state index contributed by atoms with van der Waals surface area (Å²) < 4.78 is 6.53. The fraction of sp³-hybridized carbons (Fsp3) is 0.231. The molecule has 1 aromatic carbocycles. The molecule has 0 radical (unpaired) electrons. The molecule has 1 heterocycles. The fourth-order valence-corrected chi connectivity index (χ4v) is 1.77. The second kappa shape index (κ2) is 6.21. The lowest BCUT2D eigenvalue weighted by molar-refractivity contribution is -0.0000183. The number of imidazole rings is 1. The molecule has 0 saturated carbocycles. The summed E-state index contributed by atoms with van der Waals surface area (Å²) in [5.41, 5.74) is 1.58. The highest BCUT2D eigenvalue weighted by atomic mass is 35.5. The van der Waals surface area contributed by atoms with Crippen molar-refractivity contribution in [1.82, 2.24) is 9.55 Å². The van der Waals surface area contributed by atoms with Crippen LogP contribution in [-0.4, -0.2) is 22.6 Å². The standard InChI is InChI=1S/C13H14N2O2.ClH/c1-10(11-6-4-3-5-7-11)15-9-14-8-12(15)13(16)17-2;/h3-10H,1-2H3;1H/p-1. The van der Waals surface area contributed by atoms with Gasteiger partial charge in [-0.1, -0.05) is 30.3 Å². The molecule has 2 rings (SSSR count). The van der Waals surface area contributed by atoms with Crippen LogP contribution in [0.4, 0.5) is 0 Å². The van der Waals surface area contributed by atoms with E-state index in [9.17, 15) is 4.79 Å². The minimum atomic E-state index is -0.370. The SMILES string of the molecule is COC(=O)c1cncn1C(C)c1ccccc1.[Cl-]. The number of carbonyl (C=O) groups is 1. The Labute approximate surface area is 112 Å². The average molecular weight is 266 g/mol. The van der Waals surface area contributed by atoms with Gasteiger partial charge in [-0.3, -0.25) is 0 Å². The lowest BCUT2D eigenvalue weighted by atomic mass is 10.1. The quantitative estimate of drug-likeness (QED) is 0.689. The Morgan fingerprint density at radius 3 is 2.61 bits per heavy atom. The van der Waals surface area contributed by atoms with Crippen LogP contribution < -0.4 is 12.4 Å². The molecule has 0 bridgehead atoms. The molecule has 4 nitrogen and oxygen atoms in total. The third kappa shape index (κ3) is 2.71. The minimum Gasteiger partial charge on any atom is -1.00 e. The molecule has 0 aliphatic carbocycles. The van der Waals surface area contributed by atoms with Crippen LogP contribution in [0, 0.1) is 0 Å². The number of esters is 1. The zero-order valence-electron chi connectivity index (χ0n) is 10.2. The van der Waals surface area contributed by atoms with Gasteiger partial charge >= 0.3 is 5.97 Å². The van der Waals surface area contributed by atoms with Crippen LogP contribution in [-0.2, 0) is 4.74 Å². The third-order valence-electron chi connectivity index (χ3n) is 2.76. The first-order valence-electron chi connectivity index (χ1n) is 5.39. The van der Waals surface area contributed by atoms with Gasteiger partial charge in [0, 0.05) is 0 Å². The summed E-state index contributed by atoms with van der Waals surface area (Å²) in [4.78, 5) is 15.5. The number of halogens is 1. The highest BCUT2D eigenvalue weighted by molar-refractivity contribution is 5.87. The van der Waals surface area contributed by atoms with Gasteiger partial charge in [0.1, 0.15) is 5.69 Å². The van der Waals surface area contributed by atoms with E-state index in [-0.39, 0.29) is 24.4 Å². The summed E-state index contributed by atoms with van der Waals surface area (Å²) >= 11 is 0. The van der Waals surface area contributed by atoms with E-state index < -0.39 is 0 Å². The molecule has 0 aliphatic heterocycles. The molecule has 0 N–H and O–H groups in total. The van der Waals surface area contributed by atoms with Gasteiger partial charge in [0.25, 0.3) is 0 Å².